The summed E-state index contributed by atoms with van der Waals surface area (Å²) in [6, 6.07) is 4.93. The molecule has 6 heteroatoms. The Kier molecular flexibility index (Phi) is 5.14. The van der Waals surface area contributed by atoms with Gasteiger partial charge in [-0.2, -0.15) is 0 Å². The van der Waals surface area contributed by atoms with Crippen LogP contribution in [0.15, 0.2) is 34.3 Å². The molecule has 24 heavy (non-hydrogen) atoms. The Labute approximate surface area is 149 Å². The van der Waals surface area contributed by atoms with Crippen LogP contribution in [0.4, 0.5) is 0 Å². The third kappa shape index (κ3) is 3.59. The maximum atomic E-state index is 12.3. The molecule has 3 rings (SSSR count). The highest BCUT2D eigenvalue weighted by atomic mass is 79.9. The van der Waals surface area contributed by atoms with E-state index in [1.807, 2.05) is 0 Å². The Hall–Kier alpha value is -1.95. The second-order valence-electron chi connectivity index (χ2n) is 6.09. The first-order valence-corrected chi connectivity index (χ1v) is 8.96. The molecule has 1 aliphatic carbocycles. The number of fused-ring (bicyclic) bond motifs is 1. The lowest BCUT2D eigenvalue weighted by atomic mass is 9.97. The lowest BCUT2D eigenvalue weighted by Crippen LogP contribution is -2.40. The van der Waals surface area contributed by atoms with Crippen LogP contribution < -0.4 is 5.32 Å². The maximum Gasteiger partial charge on any atom is 0.262 e. The monoisotopic (exact) mass is 390 g/mol. The third-order valence-electron chi connectivity index (χ3n) is 4.39. The van der Waals surface area contributed by atoms with E-state index < -0.39 is 11.8 Å². The molecule has 5 nitrogen and oxygen atoms in total. The van der Waals surface area contributed by atoms with Crippen molar-refractivity contribution in [2.75, 3.05) is 13.1 Å². The Bertz CT molecular complexity index is 727. The van der Waals surface area contributed by atoms with Gasteiger partial charge in [0.15, 0.2) is 0 Å². The fraction of sp³-hybridized carbons (Fsp3) is 0.389. The second-order valence-corrected chi connectivity index (χ2v) is 7.01. The highest BCUT2D eigenvalue weighted by Crippen LogP contribution is 2.25. The number of rotatable bonds is 5. The highest BCUT2D eigenvalue weighted by Gasteiger charge is 2.36. The molecular weight excluding hydrogens is 372 g/mol. The maximum absolute atomic E-state index is 12.3. The van der Waals surface area contributed by atoms with Crippen molar-refractivity contribution in [2.24, 2.45) is 0 Å². The third-order valence-corrected chi connectivity index (χ3v) is 4.88. The Morgan fingerprint density at radius 2 is 1.96 bits per heavy atom. The van der Waals surface area contributed by atoms with E-state index in [-0.39, 0.29) is 12.5 Å². The Balaban J connectivity index is 1.54. The van der Waals surface area contributed by atoms with E-state index in [1.165, 1.54) is 18.4 Å². The van der Waals surface area contributed by atoms with Gasteiger partial charge >= 0.3 is 0 Å². The number of allylic oxidation sites excluding steroid dienone is 1. The fourth-order valence-corrected chi connectivity index (χ4v) is 3.46. The molecule has 2 aliphatic rings. The van der Waals surface area contributed by atoms with Crippen molar-refractivity contribution < 1.29 is 14.4 Å². The summed E-state index contributed by atoms with van der Waals surface area (Å²) >= 11 is 3.29. The highest BCUT2D eigenvalue weighted by molar-refractivity contribution is 9.10. The quantitative estimate of drug-likeness (QED) is 0.620. The summed E-state index contributed by atoms with van der Waals surface area (Å²) < 4.78 is 0.731. The van der Waals surface area contributed by atoms with Gasteiger partial charge in [0.1, 0.15) is 6.54 Å². The minimum Gasteiger partial charge on any atom is -0.354 e. The van der Waals surface area contributed by atoms with Crippen molar-refractivity contribution in [1.29, 1.82) is 0 Å². The number of amides is 3. The van der Waals surface area contributed by atoms with Gasteiger partial charge in [0, 0.05) is 11.0 Å². The predicted octanol–water partition coefficient (Wildman–Crippen LogP) is 3.05. The normalized spacial score (nSPS) is 16.9. The van der Waals surface area contributed by atoms with Gasteiger partial charge in [0.05, 0.1) is 11.1 Å². The number of benzene rings is 1. The van der Waals surface area contributed by atoms with Crippen LogP contribution in [0.1, 0.15) is 52.8 Å². The van der Waals surface area contributed by atoms with Crippen LogP contribution in [-0.4, -0.2) is 35.7 Å². The second kappa shape index (κ2) is 7.30. The van der Waals surface area contributed by atoms with E-state index in [0.29, 0.717) is 17.7 Å². The van der Waals surface area contributed by atoms with Crippen molar-refractivity contribution in [3.05, 3.63) is 45.4 Å². The first-order valence-electron chi connectivity index (χ1n) is 8.16. The molecule has 3 amide bonds. The van der Waals surface area contributed by atoms with Crippen LogP contribution >= 0.6 is 15.9 Å². The number of hydrogen-bond acceptors (Lipinski definition) is 3. The summed E-state index contributed by atoms with van der Waals surface area (Å²) in [6.45, 7) is 0.308. The van der Waals surface area contributed by atoms with Gasteiger partial charge in [-0.1, -0.05) is 27.6 Å². The van der Waals surface area contributed by atoms with Crippen molar-refractivity contribution >= 4 is 33.7 Å². The molecule has 0 unspecified atom stereocenters. The van der Waals surface area contributed by atoms with Gasteiger partial charge in [-0.05, 0) is 50.3 Å². The van der Waals surface area contributed by atoms with Crippen molar-refractivity contribution in [2.45, 2.75) is 32.1 Å². The minimum absolute atomic E-state index is 0.233. The van der Waals surface area contributed by atoms with E-state index in [0.717, 1.165) is 28.6 Å². The first-order chi connectivity index (χ1) is 11.6. The van der Waals surface area contributed by atoms with Gasteiger partial charge < -0.3 is 5.32 Å². The zero-order valence-electron chi connectivity index (χ0n) is 13.3. The summed E-state index contributed by atoms with van der Waals surface area (Å²) in [5.41, 5.74) is 2.07. The molecule has 0 saturated heterocycles. The van der Waals surface area contributed by atoms with Gasteiger partial charge in [0.25, 0.3) is 11.8 Å². The predicted molar refractivity (Wildman–Crippen MR) is 93.7 cm³/mol. The SMILES string of the molecule is O=C(CN1C(=O)c2ccc(Br)cc2C1=O)NCCC1=CCCCC1. The average Bonchev–Trinajstić information content (AvgIpc) is 2.80. The van der Waals surface area contributed by atoms with E-state index in [4.69, 9.17) is 0 Å². The molecule has 0 radical (unpaired) electrons. The molecule has 1 heterocycles. The van der Waals surface area contributed by atoms with Crippen LogP contribution in [0.25, 0.3) is 0 Å². The van der Waals surface area contributed by atoms with Gasteiger partial charge in [-0.25, -0.2) is 0 Å². The van der Waals surface area contributed by atoms with E-state index >= 15 is 0 Å². The van der Waals surface area contributed by atoms with Crippen LogP contribution in [0.5, 0.6) is 0 Å². The van der Waals surface area contributed by atoms with Crippen LogP contribution in [0, 0.1) is 0 Å². The molecule has 0 fully saturated rings. The zero-order valence-corrected chi connectivity index (χ0v) is 14.9. The van der Waals surface area contributed by atoms with Gasteiger partial charge in [0.2, 0.25) is 5.91 Å². The number of carbonyl (C=O) groups excluding carboxylic acids is 3. The molecule has 0 bridgehead atoms. The average molecular weight is 391 g/mol. The largest absolute Gasteiger partial charge is 0.354 e. The van der Waals surface area contributed by atoms with E-state index in [1.54, 1.807) is 18.2 Å². The van der Waals surface area contributed by atoms with Gasteiger partial charge in [-0.3, -0.25) is 19.3 Å². The van der Waals surface area contributed by atoms with Crippen molar-refractivity contribution in [3.63, 3.8) is 0 Å². The fourth-order valence-electron chi connectivity index (χ4n) is 3.10. The zero-order chi connectivity index (χ0) is 17.1. The minimum atomic E-state index is -0.415. The summed E-state index contributed by atoms with van der Waals surface area (Å²) in [5.74, 6) is -1.13. The lowest BCUT2D eigenvalue weighted by Gasteiger charge is -2.15. The molecule has 1 aliphatic heterocycles. The number of halogens is 1. The molecule has 0 spiro atoms. The molecule has 0 atom stereocenters. The molecule has 0 saturated carbocycles. The topological polar surface area (TPSA) is 66.5 Å². The molecule has 0 aromatic heterocycles. The lowest BCUT2D eigenvalue weighted by molar-refractivity contribution is -0.121. The summed E-state index contributed by atoms with van der Waals surface area (Å²) in [7, 11) is 0. The Morgan fingerprint density at radius 3 is 2.71 bits per heavy atom. The van der Waals surface area contributed by atoms with Gasteiger partial charge in [-0.15, -0.1) is 0 Å². The number of imide groups is 1. The number of hydrogen-bond donors (Lipinski definition) is 1. The Morgan fingerprint density at radius 1 is 1.17 bits per heavy atom. The molecular formula is C18H19BrN2O3. The summed E-state index contributed by atoms with van der Waals surface area (Å²) in [5, 5.41) is 2.80. The molecule has 1 aromatic carbocycles. The smallest absolute Gasteiger partial charge is 0.262 e. The van der Waals surface area contributed by atoms with Crippen molar-refractivity contribution in [3.8, 4) is 0 Å². The number of carbonyl (C=O) groups is 3. The summed E-state index contributed by atoms with van der Waals surface area (Å²) in [4.78, 5) is 37.7. The van der Waals surface area contributed by atoms with Crippen LogP contribution in [0.3, 0.4) is 0 Å². The van der Waals surface area contributed by atoms with E-state index in [9.17, 15) is 14.4 Å². The molecule has 1 aromatic rings. The first kappa shape index (κ1) is 16.9. The number of nitrogens with one attached hydrogen (secondary N) is 1. The van der Waals surface area contributed by atoms with Crippen molar-refractivity contribution in [1.82, 2.24) is 10.2 Å². The summed E-state index contributed by atoms with van der Waals surface area (Å²) in [6.07, 6.45) is 7.76. The number of nitrogens with zero attached hydrogens (tertiary/aromatic N) is 1. The standard InChI is InChI=1S/C18H19BrN2O3/c19-13-6-7-14-15(10-13)18(24)21(17(14)23)11-16(22)20-9-8-12-4-2-1-3-5-12/h4,6-7,10H,1-3,5,8-9,11H2,(H,20,22). The van der Waals surface area contributed by atoms with Crippen LogP contribution in [-0.2, 0) is 4.79 Å². The molecule has 1 N–H and O–H groups in total. The molecule has 126 valence electrons. The van der Waals surface area contributed by atoms with Crippen LogP contribution in [0.2, 0.25) is 0 Å². The van der Waals surface area contributed by atoms with E-state index in [2.05, 4.69) is 27.3 Å².